The van der Waals surface area contributed by atoms with Gasteiger partial charge in [0.2, 0.25) is 0 Å². The average molecular weight is 277 g/mol. The summed E-state index contributed by atoms with van der Waals surface area (Å²) < 4.78 is 0. The predicted octanol–water partition coefficient (Wildman–Crippen LogP) is 1.88. The second-order valence-electron chi connectivity index (χ2n) is 4.20. The van der Waals surface area contributed by atoms with Crippen LogP contribution in [0.5, 0.6) is 0 Å². The highest BCUT2D eigenvalue weighted by Gasteiger charge is 2.09. The summed E-state index contributed by atoms with van der Waals surface area (Å²) in [6, 6.07) is 3.20. The van der Waals surface area contributed by atoms with E-state index in [2.05, 4.69) is 25.3 Å². The maximum atomic E-state index is 11.2. The van der Waals surface area contributed by atoms with E-state index in [4.69, 9.17) is 0 Å². The van der Waals surface area contributed by atoms with Gasteiger partial charge in [-0.15, -0.1) is 0 Å². The van der Waals surface area contributed by atoms with E-state index in [1.165, 1.54) is 24.0 Å². The van der Waals surface area contributed by atoms with Crippen LogP contribution in [0.1, 0.15) is 25.6 Å². The Kier molecular flexibility index (Phi) is 4.16. The maximum absolute atomic E-state index is 11.2. The molecule has 2 rings (SSSR count). The lowest BCUT2D eigenvalue weighted by molar-refractivity contribution is 0.754. The van der Waals surface area contributed by atoms with Crippen molar-refractivity contribution >= 4 is 17.6 Å². The third-order valence-corrected chi connectivity index (χ3v) is 3.16. The molecule has 7 heteroatoms. The van der Waals surface area contributed by atoms with Crippen LogP contribution in [0, 0.1) is 0 Å². The van der Waals surface area contributed by atoms with Crippen molar-refractivity contribution in [1.82, 2.24) is 19.9 Å². The third-order valence-electron chi connectivity index (χ3n) is 2.34. The van der Waals surface area contributed by atoms with Crippen molar-refractivity contribution in [3.63, 3.8) is 0 Å². The molecule has 0 amide bonds. The summed E-state index contributed by atoms with van der Waals surface area (Å²) in [6.45, 7) is 4.07. The molecule has 0 aliphatic carbocycles. The number of aromatic amines is 1. The Morgan fingerprint density at radius 2 is 2.16 bits per heavy atom. The summed E-state index contributed by atoms with van der Waals surface area (Å²) in [5.41, 5.74) is -0.176. The van der Waals surface area contributed by atoms with E-state index >= 15 is 0 Å². The van der Waals surface area contributed by atoms with Crippen LogP contribution in [-0.2, 0) is 0 Å². The van der Waals surface area contributed by atoms with Gasteiger partial charge in [-0.3, -0.25) is 4.79 Å². The van der Waals surface area contributed by atoms with Gasteiger partial charge >= 0.3 is 0 Å². The van der Waals surface area contributed by atoms with Crippen LogP contribution >= 0.6 is 11.8 Å². The van der Waals surface area contributed by atoms with Gasteiger partial charge in [0.05, 0.1) is 0 Å². The molecule has 2 N–H and O–H groups in total. The van der Waals surface area contributed by atoms with Crippen LogP contribution in [0.15, 0.2) is 33.3 Å². The number of anilines is 1. The van der Waals surface area contributed by atoms with Crippen LogP contribution in [0.3, 0.4) is 0 Å². The van der Waals surface area contributed by atoms with E-state index in [0.717, 1.165) is 16.7 Å². The predicted molar refractivity (Wildman–Crippen MR) is 74.6 cm³/mol. The Labute approximate surface area is 115 Å². The lowest BCUT2D eigenvalue weighted by Crippen LogP contribution is -2.06. The first-order valence-electron chi connectivity index (χ1n) is 5.88. The van der Waals surface area contributed by atoms with Crippen LogP contribution < -0.4 is 10.9 Å². The molecule has 0 atom stereocenters. The molecule has 0 aliphatic heterocycles. The highest BCUT2D eigenvalue weighted by atomic mass is 32.2. The van der Waals surface area contributed by atoms with E-state index in [-0.39, 0.29) is 11.5 Å². The van der Waals surface area contributed by atoms with Crippen molar-refractivity contribution in [3.05, 3.63) is 34.5 Å². The van der Waals surface area contributed by atoms with Gasteiger partial charge < -0.3 is 10.3 Å². The summed E-state index contributed by atoms with van der Waals surface area (Å²) in [5.74, 6) is 1.74. The van der Waals surface area contributed by atoms with Crippen LogP contribution in [0.25, 0.3) is 0 Å². The second-order valence-corrected chi connectivity index (χ2v) is 5.20. The highest BCUT2D eigenvalue weighted by molar-refractivity contribution is 7.99. The van der Waals surface area contributed by atoms with Gasteiger partial charge in [-0.1, -0.05) is 13.8 Å². The number of hydrogen-bond acceptors (Lipinski definition) is 6. The molecule has 0 saturated carbocycles. The first kappa shape index (κ1) is 13.5. The van der Waals surface area contributed by atoms with Crippen molar-refractivity contribution in [2.24, 2.45) is 0 Å². The van der Waals surface area contributed by atoms with E-state index in [9.17, 15) is 4.79 Å². The molecular formula is C12H15N5OS. The molecular weight excluding hydrogens is 262 g/mol. The van der Waals surface area contributed by atoms with Crippen molar-refractivity contribution in [2.45, 2.75) is 29.9 Å². The third kappa shape index (κ3) is 3.54. The van der Waals surface area contributed by atoms with Crippen LogP contribution in [-0.4, -0.2) is 27.0 Å². The minimum Gasteiger partial charge on any atom is -0.373 e. The Hall–Kier alpha value is -1.89. The van der Waals surface area contributed by atoms with Gasteiger partial charge in [0.25, 0.3) is 5.56 Å². The molecule has 2 aromatic heterocycles. The van der Waals surface area contributed by atoms with Gasteiger partial charge in [0.1, 0.15) is 16.7 Å². The summed E-state index contributed by atoms with van der Waals surface area (Å²) in [4.78, 5) is 26.8. The zero-order valence-corrected chi connectivity index (χ0v) is 11.8. The van der Waals surface area contributed by atoms with E-state index in [0.29, 0.717) is 5.16 Å². The Morgan fingerprint density at radius 3 is 2.79 bits per heavy atom. The smallest absolute Gasteiger partial charge is 0.251 e. The van der Waals surface area contributed by atoms with E-state index in [1.54, 1.807) is 0 Å². The fourth-order valence-corrected chi connectivity index (χ4v) is 2.16. The Bertz CT molecular complexity index is 626. The number of nitrogens with one attached hydrogen (secondary N) is 2. The fraction of sp³-hybridized carbons (Fsp3) is 0.333. The number of aromatic nitrogens is 4. The minimum atomic E-state index is -0.176. The normalized spacial score (nSPS) is 10.7. The molecule has 0 spiro atoms. The highest BCUT2D eigenvalue weighted by Crippen LogP contribution is 2.25. The lowest BCUT2D eigenvalue weighted by Gasteiger charge is -2.09. The molecule has 0 aromatic carbocycles. The van der Waals surface area contributed by atoms with Crippen molar-refractivity contribution in [2.75, 3.05) is 12.4 Å². The SMILES string of the molecule is CNc1cc(Sc2nccc(=O)[nH]2)nc(C(C)C)n1. The van der Waals surface area contributed by atoms with Gasteiger partial charge in [-0.25, -0.2) is 15.0 Å². The van der Waals surface area contributed by atoms with Gasteiger partial charge in [-0.2, -0.15) is 0 Å². The standard InChI is InChI=1S/C12H15N5OS/c1-7(2)11-15-8(13-3)6-10(17-11)19-12-14-5-4-9(18)16-12/h4-7H,1-3H3,(H,13,15,17)(H,14,16,18). The molecule has 6 nitrogen and oxygen atoms in total. The number of hydrogen-bond donors (Lipinski definition) is 2. The van der Waals surface area contributed by atoms with Crippen molar-refractivity contribution in [1.29, 1.82) is 0 Å². The Balaban J connectivity index is 2.34. The average Bonchev–Trinajstić information content (AvgIpc) is 2.38. The minimum absolute atomic E-state index is 0.176. The number of rotatable bonds is 4. The molecule has 0 unspecified atom stereocenters. The summed E-state index contributed by atoms with van der Waals surface area (Å²) >= 11 is 1.31. The molecule has 0 fully saturated rings. The monoisotopic (exact) mass is 277 g/mol. The van der Waals surface area contributed by atoms with Gasteiger partial charge in [-0.05, 0) is 11.8 Å². The van der Waals surface area contributed by atoms with Crippen molar-refractivity contribution < 1.29 is 0 Å². The van der Waals surface area contributed by atoms with Crippen molar-refractivity contribution in [3.8, 4) is 0 Å². The first-order chi connectivity index (χ1) is 9.08. The van der Waals surface area contributed by atoms with Gasteiger partial charge in [0, 0.05) is 31.3 Å². The topological polar surface area (TPSA) is 83.6 Å². The molecule has 0 bridgehead atoms. The Morgan fingerprint density at radius 1 is 1.37 bits per heavy atom. The van der Waals surface area contributed by atoms with E-state index < -0.39 is 0 Å². The summed E-state index contributed by atoms with van der Waals surface area (Å²) in [5, 5.41) is 4.27. The zero-order valence-electron chi connectivity index (χ0n) is 11.0. The molecule has 0 radical (unpaired) electrons. The summed E-state index contributed by atoms with van der Waals surface area (Å²) in [6.07, 6.45) is 1.48. The summed E-state index contributed by atoms with van der Waals surface area (Å²) in [7, 11) is 1.81. The second kappa shape index (κ2) is 5.83. The van der Waals surface area contributed by atoms with Gasteiger partial charge in [0.15, 0.2) is 5.16 Å². The molecule has 0 saturated heterocycles. The molecule has 2 aromatic rings. The molecule has 2 heterocycles. The fourth-order valence-electron chi connectivity index (χ4n) is 1.38. The zero-order chi connectivity index (χ0) is 13.8. The lowest BCUT2D eigenvalue weighted by atomic mass is 10.2. The van der Waals surface area contributed by atoms with Crippen LogP contribution in [0.2, 0.25) is 0 Å². The number of nitrogens with zero attached hydrogens (tertiary/aromatic N) is 3. The molecule has 0 aliphatic rings. The van der Waals surface area contributed by atoms with E-state index in [1.807, 2.05) is 27.0 Å². The first-order valence-corrected chi connectivity index (χ1v) is 6.70. The quantitative estimate of drug-likeness (QED) is 0.655. The van der Waals surface area contributed by atoms with Crippen LogP contribution in [0.4, 0.5) is 5.82 Å². The maximum Gasteiger partial charge on any atom is 0.251 e. The molecule has 19 heavy (non-hydrogen) atoms. The molecule has 100 valence electrons. The largest absolute Gasteiger partial charge is 0.373 e. The number of H-pyrrole nitrogens is 1.